The lowest BCUT2D eigenvalue weighted by Crippen LogP contribution is -2.43. The van der Waals surface area contributed by atoms with E-state index in [4.69, 9.17) is 14.0 Å². The fourth-order valence-corrected chi connectivity index (χ4v) is 6.40. The Morgan fingerprint density at radius 3 is 2.73 bits per heavy atom. The van der Waals surface area contributed by atoms with E-state index in [1.54, 1.807) is 31.2 Å². The van der Waals surface area contributed by atoms with Crippen molar-refractivity contribution in [1.82, 2.24) is 9.46 Å². The first kappa shape index (κ1) is 25.0. The van der Waals surface area contributed by atoms with Crippen molar-refractivity contribution in [1.29, 1.82) is 0 Å². The second kappa shape index (κ2) is 10.0. The number of aromatic nitrogens is 1. The molecule has 37 heavy (non-hydrogen) atoms. The monoisotopic (exact) mass is 523 g/mol. The topological polar surface area (TPSA) is 111 Å². The third-order valence-electron chi connectivity index (χ3n) is 6.68. The molecule has 3 heterocycles. The van der Waals surface area contributed by atoms with Gasteiger partial charge in [-0.2, -0.15) is 4.31 Å². The van der Waals surface area contributed by atoms with E-state index in [2.05, 4.69) is 10.5 Å². The SMILES string of the molecule is Cc1ccc(C)c(/C=C/c2onc(C)c2S(=O)(=O)N2CCC[C@H](C(=O)Nc3ccc4c(c3)OCO4)C2)c1. The normalized spacial score (nSPS) is 17.9. The van der Waals surface area contributed by atoms with Crippen LogP contribution in [0.25, 0.3) is 12.2 Å². The van der Waals surface area contributed by atoms with Crippen LogP contribution in [0.1, 0.15) is 41.0 Å². The van der Waals surface area contributed by atoms with Crippen LogP contribution in [-0.2, 0) is 14.8 Å². The van der Waals surface area contributed by atoms with Crippen molar-refractivity contribution in [3.8, 4) is 11.5 Å². The Labute approximate surface area is 216 Å². The first-order valence-corrected chi connectivity index (χ1v) is 13.6. The second-order valence-electron chi connectivity index (χ2n) is 9.41. The van der Waals surface area contributed by atoms with Crippen molar-refractivity contribution < 1.29 is 27.2 Å². The van der Waals surface area contributed by atoms with E-state index in [1.807, 2.05) is 38.1 Å². The van der Waals surface area contributed by atoms with Crippen LogP contribution >= 0.6 is 0 Å². The van der Waals surface area contributed by atoms with Gasteiger partial charge in [-0.25, -0.2) is 8.42 Å². The van der Waals surface area contributed by atoms with Crippen LogP contribution in [0.2, 0.25) is 0 Å². The summed E-state index contributed by atoms with van der Waals surface area (Å²) in [5.74, 6) is 0.624. The fraction of sp³-hybridized carbons (Fsp3) is 0.333. The zero-order valence-corrected chi connectivity index (χ0v) is 21.8. The number of ether oxygens (including phenoxy) is 2. The molecule has 0 aliphatic carbocycles. The van der Waals surface area contributed by atoms with Crippen molar-refractivity contribution in [2.75, 3.05) is 25.2 Å². The molecular formula is C27H29N3O6S. The van der Waals surface area contributed by atoms with E-state index < -0.39 is 15.9 Å². The average molecular weight is 524 g/mol. The molecule has 1 N–H and O–H groups in total. The highest BCUT2D eigenvalue weighted by atomic mass is 32.2. The van der Waals surface area contributed by atoms with Gasteiger partial charge in [0.15, 0.2) is 22.2 Å². The standard InChI is InChI=1S/C27H29N3O6S/c1-17-6-7-18(2)20(13-17)8-10-24-26(19(3)29-36-24)37(32,33)30-12-4-5-21(15-30)27(31)28-22-9-11-23-25(14-22)35-16-34-23/h6-11,13-14,21H,4-5,12,15-16H2,1-3H3,(H,28,31)/b10-8+/t21-/m0/s1. The summed E-state index contributed by atoms with van der Waals surface area (Å²) in [5, 5.41) is 6.82. The van der Waals surface area contributed by atoms with Crippen LogP contribution in [0.3, 0.4) is 0 Å². The molecule has 1 amide bonds. The minimum absolute atomic E-state index is 0.0332. The van der Waals surface area contributed by atoms with Crippen molar-refractivity contribution in [3.63, 3.8) is 0 Å². The number of rotatable bonds is 6. The molecule has 2 aliphatic heterocycles. The van der Waals surface area contributed by atoms with Gasteiger partial charge in [0.2, 0.25) is 22.7 Å². The van der Waals surface area contributed by atoms with Gasteiger partial charge in [-0.3, -0.25) is 4.79 Å². The van der Waals surface area contributed by atoms with Gasteiger partial charge in [0, 0.05) is 24.8 Å². The lowest BCUT2D eigenvalue weighted by Gasteiger charge is -2.31. The Hall–Kier alpha value is -3.63. The highest BCUT2D eigenvalue weighted by Crippen LogP contribution is 2.35. The van der Waals surface area contributed by atoms with Gasteiger partial charge in [-0.1, -0.05) is 35.0 Å². The minimum atomic E-state index is -3.94. The number of hydrogen-bond acceptors (Lipinski definition) is 7. The summed E-state index contributed by atoms with van der Waals surface area (Å²) in [6.07, 6.45) is 4.63. The maximum atomic E-state index is 13.7. The van der Waals surface area contributed by atoms with Gasteiger partial charge in [-0.15, -0.1) is 0 Å². The number of aryl methyl sites for hydroxylation is 3. The molecule has 3 aromatic rings. The number of piperidine rings is 1. The van der Waals surface area contributed by atoms with Crippen molar-refractivity contribution >= 4 is 33.8 Å². The second-order valence-corrected chi connectivity index (χ2v) is 11.3. The van der Waals surface area contributed by atoms with Crippen LogP contribution in [0.4, 0.5) is 5.69 Å². The number of fused-ring (bicyclic) bond motifs is 1. The Kier molecular flexibility index (Phi) is 6.78. The van der Waals surface area contributed by atoms with E-state index in [0.29, 0.717) is 36.6 Å². The molecule has 0 bridgehead atoms. The molecule has 1 fully saturated rings. The predicted octanol–water partition coefficient (Wildman–Crippen LogP) is 4.54. The van der Waals surface area contributed by atoms with Crippen molar-refractivity contribution in [2.24, 2.45) is 5.92 Å². The summed E-state index contributed by atoms with van der Waals surface area (Å²) in [5.41, 5.74) is 3.99. The number of sulfonamides is 1. The summed E-state index contributed by atoms with van der Waals surface area (Å²) in [6.45, 7) is 6.14. The number of amides is 1. The van der Waals surface area contributed by atoms with E-state index in [-0.39, 0.29) is 35.6 Å². The number of nitrogens with one attached hydrogen (secondary N) is 1. The quantitative estimate of drug-likeness (QED) is 0.505. The van der Waals surface area contributed by atoms with Crippen LogP contribution in [0, 0.1) is 26.7 Å². The van der Waals surface area contributed by atoms with E-state index in [1.165, 1.54) is 4.31 Å². The molecule has 1 aromatic heterocycles. The molecule has 194 valence electrons. The van der Waals surface area contributed by atoms with Crippen LogP contribution in [0.5, 0.6) is 11.5 Å². The Morgan fingerprint density at radius 1 is 1.08 bits per heavy atom. The number of nitrogens with zero attached hydrogens (tertiary/aromatic N) is 2. The molecule has 9 nitrogen and oxygen atoms in total. The number of anilines is 1. The molecule has 2 aromatic carbocycles. The first-order chi connectivity index (χ1) is 17.7. The third-order valence-corrected chi connectivity index (χ3v) is 8.70. The summed E-state index contributed by atoms with van der Waals surface area (Å²) in [6, 6.07) is 11.2. The zero-order valence-electron chi connectivity index (χ0n) is 21.0. The maximum absolute atomic E-state index is 13.7. The molecule has 5 rings (SSSR count). The highest BCUT2D eigenvalue weighted by Gasteiger charge is 2.37. The predicted molar refractivity (Wildman–Crippen MR) is 139 cm³/mol. The molecule has 10 heteroatoms. The largest absolute Gasteiger partial charge is 0.454 e. The van der Waals surface area contributed by atoms with E-state index in [9.17, 15) is 13.2 Å². The number of benzene rings is 2. The van der Waals surface area contributed by atoms with Crippen LogP contribution in [0.15, 0.2) is 45.8 Å². The molecule has 2 aliphatic rings. The molecule has 0 unspecified atom stereocenters. The van der Waals surface area contributed by atoms with Gasteiger partial charge < -0.3 is 19.3 Å². The number of hydrogen-bond donors (Lipinski definition) is 1. The van der Waals surface area contributed by atoms with Crippen LogP contribution in [-0.4, -0.2) is 43.7 Å². The number of carbonyl (C=O) groups excluding carboxylic acids is 1. The number of carbonyl (C=O) groups is 1. The minimum Gasteiger partial charge on any atom is -0.454 e. The van der Waals surface area contributed by atoms with Gasteiger partial charge in [-0.05, 0) is 62.9 Å². The highest BCUT2D eigenvalue weighted by molar-refractivity contribution is 7.89. The summed E-state index contributed by atoms with van der Waals surface area (Å²) < 4.78 is 44.9. The summed E-state index contributed by atoms with van der Waals surface area (Å²) >= 11 is 0. The van der Waals surface area contributed by atoms with Gasteiger partial charge in [0.1, 0.15) is 5.69 Å². The van der Waals surface area contributed by atoms with Crippen LogP contribution < -0.4 is 14.8 Å². The first-order valence-electron chi connectivity index (χ1n) is 12.1. The molecule has 0 spiro atoms. The van der Waals surface area contributed by atoms with E-state index in [0.717, 1.165) is 16.7 Å². The smallest absolute Gasteiger partial charge is 0.248 e. The van der Waals surface area contributed by atoms with Gasteiger partial charge in [0.05, 0.1) is 5.92 Å². The average Bonchev–Trinajstić information content (AvgIpc) is 3.50. The Balaban J connectivity index is 1.34. The molecule has 0 saturated carbocycles. The Bertz CT molecular complexity index is 1480. The molecule has 1 saturated heterocycles. The lowest BCUT2D eigenvalue weighted by atomic mass is 9.98. The van der Waals surface area contributed by atoms with E-state index >= 15 is 0 Å². The Morgan fingerprint density at radius 2 is 1.89 bits per heavy atom. The fourth-order valence-electron chi connectivity index (χ4n) is 4.63. The van der Waals surface area contributed by atoms with Crippen molar-refractivity contribution in [2.45, 2.75) is 38.5 Å². The summed E-state index contributed by atoms with van der Waals surface area (Å²) in [4.78, 5) is 13.1. The van der Waals surface area contributed by atoms with Gasteiger partial charge >= 0.3 is 0 Å². The lowest BCUT2D eigenvalue weighted by molar-refractivity contribution is -0.120. The molecule has 0 radical (unpaired) electrons. The molecule has 1 atom stereocenters. The van der Waals surface area contributed by atoms with Gasteiger partial charge in [0.25, 0.3) is 0 Å². The third kappa shape index (κ3) is 5.12. The molecular weight excluding hydrogens is 494 g/mol. The maximum Gasteiger partial charge on any atom is 0.248 e. The van der Waals surface area contributed by atoms with Crippen molar-refractivity contribution in [3.05, 3.63) is 64.5 Å². The summed E-state index contributed by atoms with van der Waals surface area (Å²) in [7, 11) is -3.94. The zero-order chi connectivity index (χ0) is 26.2.